The van der Waals surface area contributed by atoms with Gasteiger partial charge < -0.3 is 5.73 Å². The minimum Gasteiger partial charge on any atom is -0.399 e. The van der Waals surface area contributed by atoms with Crippen molar-refractivity contribution in [2.75, 3.05) is 5.73 Å². The van der Waals surface area contributed by atoms with Gasteiger partial charge in [-0.05, 0) is 54.3 Å². The van der Waals surface area contributed by atoms with E-state index in [0.29, 0.717) is 12.1 Å². The molecule has 0 fully saturated rings. The predicted octanol–water partition coefficient (Wildman–Crippen LogP) is 5.09. The van der Waals surface area contributed by atoms with Crippen molar-refractivity contribution in [1.29, 1.82) is 0 Å². The molecule has 0 spiro atoms. The highest BCUT2D eigenvalue weighted by Gasteiger charge is 2.36. The van der Waals surface area contributed by atoms with Gasteiger partial charge in [-0.2, -0.15) is 26.3 Å². The van der Waals surface area contributed by atoms with Gasteiger partial charge in [-0.1, -0.05) is 12.1 Å². The number of alkyl halides is 6. The van der Waals surface area contributed by atoms with Crippen molar-refractivity contribution in [3.05, 3.63) is 64.7 Å². The van der Waals surface area contributed by atoms with Gasteiger partial charge in [0.15, 0.2) is 0 Å². The number of aryl methyl sites for hydroxylation is 2. The minimum absolute atomic E-state index is 0.0102. The van der Waals surface area contributed by atoms with Crippen LogP contribution in [0.3, 0.4) is 0 Å². The van der Waals surface area contributed by atoms with E-state index in [9.17, 15) is 26.3 Å². The molecule has 0 saturated carbocycles. The zero-order valence-corrected chi connectivity index (χ0v) is 11.8. The molecule has 0 heterocycles. The third kappa shape index (κ3) is 4.64. The lowest BCUT2D eigenvalue weighted by Crippen LogP contribution is -2.12. The monoisotopic (exact) mass is 333 g/mol. The van der Waals surface area contributed by atoms with Gasteiger partial charge in [0.1, 0.15) is 0 Å². The molecule has 0 saturated heterocycles. The van der Waals surface area contributed by atoms with Crippen LogP contribution in [-0.2, 0) is 25.2 Å². The fraction of sp³-hybridized carbons (Fsp3) is 0.250. The molecule has 0 bridgehead atoms. The Morgan fingerprint density at radius 1 is 0.652 bits per heavy atom. The molecule has 0 atom stereocenters. The molecule has 2 aromatic rings. The number of hydrogen-bond donors (Lipinski definition) is 1. The minimum atomic E-state index is -4.82. The van der Waals surface area contributed by atoms with Crippen LogP contribution in [0.15, 0.2) is 42.5 Å². The fourth-order valence-corrected chi connectivity index (χ4v) is 2.14. The average Bonchev–Trinajstić information content (AvgIpc) is 2.44. The number of nitrogen functional groups attached to an aromatic ring is 1. The summed E-state index contributed by atoms with van der Waals surface area (Å²) in [6, 6.07) is 8.28. The van der Waals surface area contributed by atoms with Gasteiger partial charge in [-0.25, -0.2) is 0 Å². The van der Waals surface area contributed by atoms with Crippen molar-refractivity contribution in [3.63, 3.8) is 0 Å². The molecular weight excluding hydrogens is 320 g/mol. The van der Waals surface area contributed by atoms with E-state index < -0.39 is 23.5 Å². The summed E-state index contributed by atoms with van der Waals surface area (Å²) in [4.78, 5) is 0. The standard InChI is InChI=1S/C16H13F6N/c17-15(18,19)12-7-11(8-13(9-12)16(20,21)22)2-1-10-3-5-14(23)6-4-10/h3-9H,1-2,23H2. The normalized spacial score (nSPS) is 12.4. The average molecular weight is 333 g/mol. The van der Waals surface area contributed by atoms with Gasteiger partial charge in [0.05, 0.1) is 11.1 Å². The van der Waals surface area contributed by atoms with Crippen LogP contribution in [0.25, 0.3) is 0 Å². The van der Waals surface area contributed by atoms with E-state index >= 15 is 0 Å². The molecule has 2 aromatic carbocycles. The molecule has 1 nitrogen and oxygen atoms in total. The lowest BCUT2D eigenvalue weighted by atomic mass is 9.99. The second-order valence-corrected chi connectivity index (χ2v) is 5.16. The molecule has 7 heteroatoms. The van der Waals surface area contributed by atoms with E-state index in [0.717, 1.165) is 17.7 Å². The molecule has 124 valence electrons. The number of anilines is 1. The SMILES string of the molecule is Nc1ccc(CCc2cc(C(F)(F)F)cc(C(F)(F)F)c2)cc1. The third-order valence-corrected chi connectivity index (χ3v) is 3.33. The Morgan fingerprint density at radius 2 is 1.09 bits per heavy atom. The largest absolute Gasteiger partial charge is 0.416 e. The number of benzene rings is 2. The highest BCUT2D eigenvalue weighted by Crippen LogP contribution is 2.36. The van der Waals surface area contributed by atoms with Crippen LogP contribution in [0.4, 0.5) is 32.0 Å². The lowest BCUT2D eigenvalue weighted by Gasteiger charge is -2.14. The Kier molecular flexibility index (Phi) is 4.58. The molecule has 0 unspecified atom stereocenters. The van der Waals surface area contributed by atoms with Crippen LogP contribution in [0.2, 0.25) is 0 Å². The summed E-state index contributed by atoms with van der Waals surface area (Å²) in [6.45, 7) is 0. The maximum absolute atomic E-state index is 12.8. The zero-order chi connectivity index (χ0) is 17.3. The van der Waals surface area contributed by atoms with Gasteiger partial charge >= 0.3 is 12.4 Å². The molecule has 2 N–H and O–H groups in total. The topological polar surface area (TPSA) is 26.0 Å². The molecular formula is C16H13F6N. The fourth-order valence-electron chi connectivity index (χ4n) is 2.14. The first kappa shape index (κ1) is 17.2. The molecule has 0 aliphatic carbocycles. The van der Waals surface area contributed by atoms with Gasteiger partial charge in [0.2, 0.25) is 0 Å². The molecule has 0 amide bonds. The van der Waals surface area contributed by atoms with Crippen molar-refractivity contribution >= 4 is 5.69 Å². The van der Waals surface area contributed by atoms with Crippen molar-refractivity contribution < 1.29 is 26.3 Å². The van der Waals surface area contributed by atoms with Gasteiger partial charge in [0, 0.05) is 5.69 Å². The first-order valence-corrected chi connectivity index (χ1v) is 6.68. The molecule has 0 aliphatic heterocycles. The summed E-state index contributed by atoms with van der Waals surface area (Å²) in [6.07, 6.45) is -9.26. The maximum Gasteiger partial charge on any atom is 0.416 e. The van der Waals surface area contributed by atoms with E-state index in [1.54, 1.807) is 24.3 Å². The second kappa shape index (κ2) is 6.14. The Bertz CT molecular complexity index is 638. The van der Waals surface area contributed by atoms with Crippen LogP contribution >= 0.6 is 0 Å². The van der Waals surface area contributed by atoms with Crippen molar-refractivity contribution in [1.82, 2.24) is 0 Å². The number of halogens is 6. The first-order chi connectivity index (χ1) is 10.6. The van der Waals surface area contributed by atoms with Gasteiger partial charge in [0.25, 0.3) is 0 Å². The van der Waals surface area contributed by atoms with Crippen molar-refractivity contribution in [2.24, 2.45) is 0 Å². The third-order valence-electron chi connectivity index (χ3n) is 3.33. The van der Waals surface area contributed by atoms with Crippen LogP contribution in [0, 0.1) is 0 Å². The first-order valence-electron chi connectivity index (χ1n) is 6.68. The van der Waals surface area contributed by atoms with Gasteiger partial charge in [-0.3, -0.25) is 0 Å². The number of rotatable bonds is 3. The molecule has 0 radical (unpaired) electrons. The van der Waals surface area contributed by atoms with Crippen molar-refractivity contribution in [3.8, 4) is 0 Å². The van der Waals surface area contributed by atoms with E-state index in [2.05, 4.69) is 0 Å². The summed E-state index contributed by atoms with van der Waals surface area (Å²) < 4.78 is 76.6. The Hall–Kier alpha value is -2.18. The lowest BCUT2D eigenvalue weighted by molar-refractivity contribution is -0.143. The summed E-state index contributed by atoms with van der Waals surface area (Å²) in [5, 5.41) is 0. The second-order valence-electron chi connectivity index (χ2n) is 5.16. The van der Waals surface area contributed by atoms with Crippen LogP contribution in [0.1, 0.15) is 22.3 Å². The Labute approximate surface area is 128 Å². The highest BCUT2D eigenvalue weighted by atomic mass is 19.4. The van der Waals surface area contributed by atoms with E-state index in [1.807, 2.05) is 0 Å². The highest BCUT2D eigenvalue weighted by molar-refractivity contribution is 5.40. The summed E-state index contributed by atoms with van der Waals surface area (Å²) in [7, 11) is 0. The summed E-state index contributed by atoms with van der Waals surface area (Å²) in [5.74, 6) is 0. The smallest absolute Gasteiger partial charge is 0.399 e. The van der Waals surface area contributed by atoms with E-state index in [1.165, 1.54) is 0 Å². The predicted molar refractivity (Wildman–Crippen MR) is 74.7 cm³/mol. The Morgan fingerprint density at radius 3 is 1.52 bits per heavy atom. The van der Waals surface area contributed by atoms with Crippen LogP contribution in [-0.4, -0.2) is 0 Å². The van der Waals surface area contributed by atoms with E-state index in [4.69, 9.17) is 5.73 Å². The van der Waals surface area contributed by atoms with E-state index in [-0.39, 0.29) is 18.1 Å². The van der Waals surface area contributed by atoms with Crippen LogP contribution < -0.4 is 5.73 Å². The van der Waals surface area contributed by atoms with Crippen LogP contribution in [0.5, 0.6) is 0 Å². The zero-order valence-electron chi connectivity index (χ0n) is 11.8. The summed E-state index contributed by atoms with van der Waals surface area (Å²) in [5.41, 5.74) is 4.24. The Balaban J connectivity index is 2.28. The molecule has 0 aromatic heterocycles. The van der Waals surface area contributed by atoms with Crippen molar-refractivity contribution in [2.45, 2.75) is 25.2 Å². The molecule has 2 rings (SSSR count). The maximum atomic E-state index is 12.8. The summed E-state index contributed by atoms with van der Waals surface area (Å²) >= 11 is 0. The molecule has 23 heavy (non-hydrogen) atoms. The quantitative estimate of drug-likeness (QED) is 0.614. The number of hydrogen-bond acceptors (Lipinski definition) is 1. The number of nitrogens with two attached hydrogens (primary N) is 1. The molecule has 0 aliphatic rings. The van der Waals surface area contributed by atoms with Gasteiger partial charge in [-0.15, -0.1) is 0 Å².